The Hall–Kier alpha value is -3.35. The first-order chi connectivity index (χ1) is 16.5. The van der Waals surface area contributed by atoms with E-state index >= 15 is 0 Å². The molecule has 1 saturated carbocycles. The van der Waals surface area contributed by atoms with Crippen molar-refractivity contribution in [1.82, 2.24) is 10.2 Å². The summed E-state index contributed by atoms with van der Waals surface area (Å²) in [4.78, 5) is 38.9. The van der Waals surface area contributed by atoms with Gasteiger partial charge in [-0.2, -0.15) is 0 Å². The number of carbonyl (C=O) groups excluding carboxylic acids is 2. The van der Waals surface area contributed by atoms with E-state index in [1.54, 1.807) is 0 Å². The molecule has 34 heavy (non-hydrogen) atoms. The third-order valence-corrected chi connectivity index (χ3v) is 7.67. The molecule has 0 aromatic heterocycles. The van der Waals surface area contributed by atoms with Gasteiger partial charge in [0.2, 0.25) is 5.91 Å². The minimum atomic E-state index is -0.956. The van der Waals surface area contributed by atoms with Crippen molar-refractivity contribution in [2.45, 2.75) is 44.1 Å². The summed E-state index contributed by atoms with van der Waals surface area (Å²) < 4.78 is 5.62. The molecule has 1 unspecified atom stereocenters. The van der Waals surface area contributed by atoms with Crippen LogP contribution in [0.5, 0.6) is 0 Å². The third-order valence-electron chi connectivity index (χ3n) is 7.67. The molecule has 2 fully saturated rings. The number of fused-ring (bicyclic) bond motifs is 3. The van der Waals surface area contributed by atoms with Crippen molar-refractivity contribution >= 4 is 18.0 Å². The zero-order valence-corrected chi connectivity index (χ0v) is 19.1. The quantitative estimate of drug-likeness (QED) is 0.648. The Labute approximate surface area is 199 Å². The molecule has 5 rings (SSSR count). The fourth-order valence-electron chi connectivity index (χ4n) is 5.64. The number of alkyl carbamates (subject to hydrolysis) is 1. The van der Waals surface area contributed by atoms with Gasteiger partial charge in [-0.3, -0.25) is 4.79 Å². The number of carbonyl (C=O) groups is 3. The van der Waals surface area contributed by atoms with Crippen molar-refractivity contribution in [3.8, 4) is 11.1 Å². The number of rotatable bonds is 7. The lowest BCUT2D eigenvalue weighted by Crippen LogP contribution is -2.49. The molecule has 1 heterocycles. The molecule has 7 heteroatoms. The van der Waals surface area contributed by atoms with Crippen molar-refractivity contribution in [3.05, 3.63) is 59.7 Å². The fraction of sp³-hybridized carbons (Fsp3) is 0.444. The summed E-state index contributed by atoms with van der Waals surface area (Å²) in [6.45, 7) is 0.849. The fourth-order valence-corrected chi connectivity index (χ4v) is 5.64. The van der Waals surface area contributed by atoms with E-state index in [0.717, 1.165) is 30.4 Å². The van der Waals surface area contributed by atoms with E-state index < -0.39 is 24.0 Å². The summed E-state index contributed by atoms with van der Waals surface area (Å²) >= 11 is 0. The number of hydrogen-bond acceptors (Lipinski definition) is 4. The van der Waals surface area contributed by atoms with E-state index in [0.29, 0.717) is 19.4 Å². The van der Waals surface area contributed by atoms with Crippen LogP contribution in [0.15, 0.2) is 48.5 Å². The van der Waals surface area contributed by atoms with Gasteiger partial charge in [0, 0.05) is 19.0 Å². The average molecular weight is 463 g/mol. The van der Waals surface area contributed by atoms with E-state index in [1.807, 2.05) is 24.3 Å². The molecule has 2 aromatic carbocycles. The SMILES string of the molecule is O=C(NCC(C(=O)N1CCC[C@H]1C(=O)O)C1CCC1)OCC1c2ccccc2-c2ccccc21. The molecule has 2 aliphatic carbocycles. The van der Waals surface area contributed by atoms with Gasteiger partial charge >= 0.3 is 12.1 Å². The number of ether oxygens (including phenoxy) is 1. The van der Waals surface area contributed by atoms with Crippen LogP contribution in [0, 0.1) is 11.8 Å². The Bertz CT molecular complexity index is 1050. The van der Waals surface area contributed by atoms with Crippen molar-refractivity contribution in [2.24, 2.45) is 11.8 Å². The lowest BCUT2D eigenvalue weighted by Gasteiger charge is -2.36. The lowest BCUT2D eigenvalue weighted by atomic mass is 9.75. The maximum absolute atomic E-state index is 13.2. The molecule has 2 amide bonds. The number of amides is 2. The van der Waals surface area contributed by atoms with Gasteiger partial charge in [0.15, 0.2) is 0 Å². The highest BCUT2D eigenvalue weighted by atomic mass is 16.5. The Kier molecular flexibility index (Phi) is 6.26. The first-order valence-electron chi connectivity index (χ1n) is 12.2. The molecule has 1 aliphatic heterocycles. The minimum absolute atomic E-state index is 0.0249. The zero-order chi connectivity index (χ0) is 23.7. The molecule has 3 aliphatic rings. The van der Waals surface area contributed by atoms with Crippen LogP contribution in [-0.2, 0) is 14.3 Å². The van der Waals surface area contributed by atoms with Gasteiger partial charge in [0.1, 0.15) is 12.6 Å². The maximum atomic E-state index is 13.2. The van der Waals surface area contributed by atoms with Crippen molar-refractivity contribution in [2.75, 3.05) is 19.7 Å². The van der Waals surface area contributed by atoms with Crippen molar-refractivity contribution < 1.29 is 24.2 Å². The van der Waals surface area contributed by atoms with Gasteiger partial charge < -0.3 is 20.1 Å². The van der Waals surface area contributed by atoms with Crippen LogP contribution < -0.4 is 5.32 Å². The molecule has 0 spiro atoms. The van der Waals surface area contributed by atoms with E-state index in [-0.39, 0.29) is 30.9 Å². The highest BCUT2D eigenvalue weighted by Gasteiger charge is 2.41. The third kappa shape index (κ3) is 4.15. The number of hydrogen-bond donors (Lipinski definition) is 2. The number of nitrogens with zero attached hydrogens (tertiary/aromatic N) is 1. The number of aliphatic carboxylic acids is 1. The highest BCUT2D eigenvalue weighted by Crippen LogP contribution is 2.44. The summed E-state index contributed by atoms with van der Waals surface area (Å²) in [5.41, 5.74) is 4.63. The van der Waals surface area contributed by atoms with Crippen LogP contribution in [0.4, 0.5) is 4.79 Å². The first kappa shape index (κ1) is 22.4. The smallest absolute Gasteiger partial charge is 0.407 e. The second kappa shape index (κ2) is 9.49. The standard InChI is InChI=1S/C27H30N2O5/c30-25(29-14-6-13-24(29)26(31)32)22(17-7-5-8-17)15-28-27(33)34-16-23-20-11-3-1-9-18(20)19-10-2-4-12-21(19)23/h1-4,9-12,17,22-24H,5-8,13-16H2,(H,28,33)(H,31,32)/t22?,24-/m0/s1. The normalized spacial score (nSPS) is 20.2. The number of carboxylic acid groups (broad SMARTS) is 1. The average Bonchev–Trinajstić information content (AvgIpc) is 3.42. The van der Waals surface area contributed by atoms with Gasteiger partial charge in [0.25, 0.3) is 0 Å². The summed E-state index contributed by atoms with van der Waals surface area (Å²) in [7, 11) is 0. The molecule has 0 radical (unpaired) electrons. The van der Waals surface area contributed by atoms with E-state index in [4.69, 9.17) is 4.74 Å². The van der Waals surface area contributed by atoms with Crippen LogP contribution in [-0.4, -0.2) is 53.7 Å². The molecule has 2 aromatic rings. The molecule has 7 nitrogen and oxygen atoms in total. The Balaban J connectivity index is 1.21. The van der Waals surface area contributed by atoms with Gasteiger partial charge in [-0.25, -0.2) is 9.59 Å². The maximum Gasteiger partial charge on any atom is 0.407 e. The van der Waals surface area contributed by atoms with Crippen LogP contribution in [0.2, 0.25) is 0 Å². The molecule has 0 bridgehead atoms. The molecule has 178 valence electrons. The first-order valence-corrected chi connectivity index (χ1v) is 12.2. The summed E-state index contributed by atoms with van der Waals surface area (Å²) in [6, 6.07) is 15.6. The second-order valence-electron chi connectivity index (χ2n) is 9.53. The van der Waals surface area contributed by atoms with Crippen molar-refractivity contribution in [3.63, 3.8) is 0 Å². The second-order valence-corrected chi connectivity index (χ2v) is 9.53. The van der Waals surface area contributed by atoms with E-state index in [1.165, 1.54) is 16.0 Å². The summed E-state index contributed by atoms with van der Waals surface area (Å²) in [5.74, 6) is -1.37. The molecule has 2 atom stereocenters. The summed E-state index contributed by atoms with van der Waals surface area (Å²) in [5, 5.41) is 12.3. The number of nitrogens with one attached hydrogen (secondary N) is 1. The predicted molar refractivity (Wildman–Crippen MR) is 126 cm³/mol. The van der Waals surface area contributed by atoms with Gasteiger partial charge in [-0.15, -0.1) is 0 Å². The summed E-state index contributed by atoms with van der Waals surface area (Å²) in [6.07, 6.45) is 3.54. The number of benzene rings is 2. The molecule has 2 N–H and O–H groups in total. The molecular formula is C27H30N2O5. The van der Waals surface area contributed by atoms with Crippen LogP contribution in [0.25, 0.3) is 11.1 Å². The van der Waals surface area contributed by atoms with Gasteiger partial charge in [-0.1, -0.05) is 55.0 Å². The Morgan fingerprint density at radius 3 is 2.21 bits per heavy atom. The Morgan fingerprint density at radius 2 is 1.62 bits per heavy atom. The number of likely N-dealkylation sites (tertiary alicyclic amines) is 1. The van der Waals surface area contributed by atoms with Crippen LogP contribution in [0.3, 0.4) is 0 Å². The van der Waals surface area contributed by atoms with Crippen LogP contribution >= 0.6 is 0 Å². The lowest BCUT2D eigenvalue weighted by molar-refractivity contribution is -0.151. The van der Waals surface area contributed by atoms with E-state index in [2.05, 4.69) is 29.6 Å². The zero-order valence-electron chi connectivity index (χ0n) is 19.1. The minimum Gasteiger partial charge on any atom is -0.480 e. The van der Waals surface area contributed by atoms with Gasteiger partial charge in [-0.05, 0) is 53.9 Å². The number of carboxylic acids is 1. The molecular weight excluding hydrogens is 432 g/mol. The monoisotopic (exact) mass is 462 g/mol. The van der Waals surface area contributed by atoms with Crippen LogP contribution in [0.1, 0.15) is 49.1 Å². The topological polar surface area (TPSA) is 95.9 Å². The predicted octanol–water partition coefficient (Wildman–Crippen LogP) is 4.02. The highest BCUT2D eigenvalue weighted by molar-refractivity contribution is 5.86. The van der Waals surface area contributed by atoms with Gasteiger partial charge in [0.05, 0.1) is 5.92 Å². The largest absolute Gasteiger partial charge is 0.480 e. The van der Waals surface area contributed by atoms with Crippen molar-refractivity contribution in [1.29, 1.82) is 0 Å². The molecule has 1 saturated heterocycles. The van der Waals surface area contributed by atoms with E-state index in [9.17, 15) is 19.5 Å². The Morgan fingerprint density at radius 1 is 0.971 bits per heavy atom.